The molecule has 1 aliphatic heterocycles. The maximum absolute atomic E-state index is 2.31. The number of hydrogen-bond donors (Lipinski definition) is 0. The van der Waals surface area contributed by atoms with Gasteiger partial charge in [-0.05, 0) is 11.0 Å². The molecule has 1 aromatic rings. The molecule has 0 fully saturated rings. The SMILES string of the molecule is C1=CN(Cc2ccccc2)CS1. The first-order chi connectivity index (χ1) is 5.95. The van der Waals surface area contributed by atoms with Crippen LogP contribution >= 0.6 is 11.8 Å². The second-order valence-corrected chi connectivity index (χ2v) is 3.68. The first kappa shape index (κ1) is 7.74. The van der Waals surface area contributed by atoms with Crippen LogP contribution in [0.4, 0.5) is 0 Å². The summed E-state index contributed by atoms with van der Waals surface area (Å²) in [5.74, 6) is 1.09. The predicted octanol–water partition coefficient (Wildman–Crippen LogP) is 2.66. The highest BCUT2D eigenvalue weighted by Gasteiger charge is 2.03. The van der Waals surface area contributed by atoms with Gasteiger partial charge in [-0.1, -0.05) is 30.3 Å². The summed E-state index contributed by atoms with van der Waals surface area (Å²) in [6.45, 7) is 1.03. The fourth-order valence-electron chi connectivity index (χ4n) is 1.23. The van der Waals surface area contributed by atoms with Crippen LogP contribution in [0.1, 0.15) is 5.56 Å². The van der Waals surface area contributed by atoms with E-state index in [4.69, 9.17) is 0 Å². The molecule has 0 spiro atoms. The lowest BCUT2D eigenvalue weighted by atomic mass is 10.2. The zero-order valence-corrected chi connectivity index (χ0v) is 7.63. The molecule has 1 aromatic carbocycles. The van der Waals surface area contributed by atoms with Gasteiger partial charge in [0.05, 0.1) is 5.88 Å². The van der Waals surface area contributed by atoms with E-state index < -0.39 is 0 Å². The molecule has 0 aliphatic carbocycles. The van der Waals surface area contributed by atoms with E-state index in [-0.39, 0.29) is 0 Å². The van der Waals surface area contributed by atoms with Crippen molar-refractivity contribution in [1.29, 1.82) is 0 Å². The fraction of sp³-hybridized carbons (Fsp3) is 0.200. The standard InChI is InChI=1S/C10H11NS/c1-2-4-10(5-3-1)8-11-6-7-12-9-11/h1-7H,8-9H2. The molecule has 1 heterocycles. The molecule has 2 heteroatoms. The number of benzene rings is 1. The van der Waals surface area contributed by atoms with Crippen LogP contribution in [-0.4, -0.2) is 10.8 Å². The molecule has 0 amide bonds. The Balaban J connectivity index is 1.99. The van der Waals surface area contributed by atoms with E-state index in [1.165, 1.54) is 5.56 Å². The van der Waals surface area contributed by atoms with Gasteiger partial charge < -0.3 is 4.90 Å². The summed E-state index contributed by atoms with van der Waals surface area (Å²) in [4.78, 5) is 2.31. The molecule has 0 unspecified atom stereocenters. The van der Waals surface area contributed by atoms with Gasteiger partial charge in [-0.25, -0.2) is 0 Å². The second kappa shape index (κ2) is 3.68. The van der Waals surface area contributed by atoms with Crippen molar-refractivity contribution in [2.45, 2.75) is 6.54 Å². The summed E-state index contributed by atoms with van der Waals surface area (Å²) in [6, 6.07) is 10.6. The molecule has 1 aliphatic rings. The topological polar surface area (TPSA) is 3.24 Å². The number of rotatable bonds is 2. The maximum Gasteiger partial charge on any atom is 0.0678 e. The summed E-state index contributed by atoms with van der Waals surface area (Å²) >= 11 is 1.85. The van der Waals surface area contributed by atoms with E-state index in [0.717, 1.165) is 12.4 Å². The maximum atomic E-state index is 2.31. The molecule has 12 heavy (non-hydrogen) atoms. The van der Waals surface area contributed by atoms with Crippen molar-refractivity contribution in [2.75, 3.05) is 5.88 Å². The Kier molecular flexibility index (Phi) is 2.37. The summed E-state index contributed by atoms with van der Waals surface area (Å²) in [7, 11) is 0. The van der Waals surface area contributed by atoms with Crippen molar-refractivity contribution in [2.24, 2.45) is 0 Å². The average Bonchev–Trinajstić information content (AvgIpc) is 2.59. The smallest absolute Gasteiger partial charge is 0.0678 e. The Morgan fingerprint density at radius 2 is 2.08 bits per heavy atom. The van der Waals surface area contributed by atoms with Gasteiger partial charge in [0.15, 0.2) is 0 Å². The Morgan fingerprint density at radius 3 is 2.75 bits per heavy atom. The van der Waals surface area contributed by atoms with Crippen LogP contribution in [0.15, 0.2) is 41.9 Å². The Hall–Kier alpha value is -0.890. The average molecular weight is 177 g/mol. The lowest BCUT2D eigenvalue weighted by molar-refractivity contribution is 0.441. The predicted molar refractivity (Wildman–Crippen MR) is 53.6 cm³/mol. The van der Waals surface area contributed by atoms with Crippen LogP contribution in [0, 0.1) is 0 Å². The first-order valence-corrected chi connectivity index (χ1v) is 5.06. The van der Waals surface area contributed by atoms with Gasteiger partial charge in [0.2, 0.25) is 0 Å². The molecule has 1 nitrogen and oxygen atoms in total. The molecular weight excluding hydrogens is 166 g/mol. The van der Waals surface area contributed by atoms with E-state index in [1.807, 2.05) is 11.8 Å². The molecule has 0 N–H and O–H groups in total. The Morgan fingerprint density at radius 1 is 1.25 bits per heavy atom. The highest BCUT2D eigenvalue weighted by Crippen LogP contribution is 2.17. The third-order valence-electron chi connectivity index (χ3n) is 1.84. The van der Waals surface area contributed by atoms with Crippen molar-refractivity contribution in [3.63, 3.8) is 0 Å². The van der Waals surface area contributed by atoms with Crippen molar-refractivity contribution in [1.82, 2.24) is 4.90 Å². The minimum Gasteiger partial charge on any atom is -0.363 e. The van der Waals surface area contributed by atoms with Crippen LogP contribution in [0.3, 0.4) is 0 Å². The van der Waals surface area contributed by atoms with E-state index in [0.29, 0.717) is 0 Å². The third-order valence-corrected chi connectivity index (χ3v) is 2.63. The molecule has 0 saturated heterocycles. The van der Waals surface area contributed by atoms with Crippen LogP contribution in [0.5, 0.6) is 0 Å². The molecule has 0 aromatic heterocycles. The molecule has 62 valence electrons. The summed E-state index contributed by atoms with van der Waals surface area (Å²) in [5.41, 5.74) is 1.38. The van der Waals surface area contributed by atoms with Gasteiger partial charge in [-0.15, -0.1) is 11.8 Å². The van der Waals surface area contributed by atoms with E-state index in [2.05, 4.69) is 46.8 Å². The first-order valence-electron chi connectivity index (χ1n) is 4.01. The second-order valence-electron chi connectivity index (χ2n) is 2.81. The minimum absolute atomic E-state index is 1.03. The van der Waals surface area contributed by atoms with Gasteiger partial charge in [-0.3, -0.25) is 0 Å². The van der Waals surface area contributed by atoms with Crippen LogP contribution in [-0.2, 0) is 6.54 Å². The van der Waals surface area contributed by atoms with Crippen molar-refractivity contribution >= 4 is 11.8 Å². The number of hydrogen-bond acceptors (Lipinski definition) is 2. The van der Waals surface area contributed by atoms with Crippen molar-refractivity contribution in [3.8, 4) is 0 Å². The van der Waals surface area contributed by atoms with Crippen molar-refractivity contribution < 1.29 is 0 Å². The molecule has 0 saturated carbocycles. The van der Waals surface area contributed by atoms with Gasteiger partial charge in [0, 0.05) is 12.7 Å². The zero-order valence-electron chi connectivity index (χ0n) is 6.81. The lowest BCUT2D eigenvalue weighted by Gasteiger charge is -2.13. The van der Waals surface area contributed by atoms with Gasteiger partial charge in [0.1, 0.15) is 0 Å². The summed E-state index contributed by atoms with van der Waals surface area (Å²) in [6.07, 6.45) is 2.15. The molecule has 0 bridgehead atoms. The van der Waals surface area contributed by atoms with E-state index >= 15 is 0 Å². The molecule has 0 radical (unpaired) electrons. The monoisotopic (exact) mass is 177 g/mol. The van der Waals surface area contributed by atoms with Crippen molar-refractivity contribution in [3.05, 3.63) is 47.5 Å². The quantitative estimate of drug-likeness (QED) is 0.683. The van der Waals surface area contributed by atoms with Gasteiger partial charge in [0.25, 0.3) is 0 Å². The van der Waals surface area contributed by atoms with Crippen LogP contribution < -0.4 is 0 Å². The summed E-state index contributed by atoms with van der Waals surface area (Å²) < 4.78 is 0. The van der Waals surface area contributed by atoms with E-state index in [1.54, 1.807) is 0 Å². The fourth-order valence-corrected chi connectivity index (χ4v) is 1.94. The zero-order chi connectivity index (χ0) is 8.23. The highest BCUT2D eigenvalue weighted by atomic mass is 32.2. The molecule has 0 atom stereocenters. The Bertz CT molecular complexity index is 268. The number of nitrogens with zero attached hydrogens (tertiary/aromatic N) is 1. The normalized spacial score (nSPS) is 15.5. The highest BCUT2D eigenvalue weighted by molar-refractivity contribution is 8.02. The van der Waals surface area contributed by atoms with Crippen LogP contribution in [0.2, 0.25) is 0 Å². The molecular formula is C10H11NS. The minimum atomic E-state index is 1.03. The summed E-state index contributed by atoms with van der Waals surface area (Å²) in [5, 5.41) is 2.14. The largest absolute Gasteiger partial charge is 0.363 e. The lowest BCUT2D eigenvalue weighted by Crippen LogP contribution is -2.11. The third kappa shape index (κ3) is 1.83. The number of thioether (sulfide) groups is 1. The van der Waals surface area contributed by atoms with Gasteiger partial charge in [-0.2, -0.15) is 0 Å². The Labute approximate surface area is 77.1 Å². The molecule has 2 rings (SSSR count). The van der Waals surface area contributed by atoms with E-state index in [9.17, 15) is 0 Å². The van der Waals surface area contributed by atoms with Crippen LogP contribution in [0.25, 0.3) is 0 Å². The van der Waals surface area contributed by atoms with Gasteiger partial charge >= 0.3 is 0 Å².